The number of rotatable bonds is 3. The second kappa shape index (κ2) is 5.08. The summed E-state index contributed by atoms with van der Waals surface area (Å²) in [6, 6.07) is 0.428. The maximum Gasteiger partial charge on any atom is 0.0927 e. The first kappa shape index (κ1) is 11.1. The van der Waals surface area contributed by atoms with Crippen LogP contribution in [0.4, 0.5) is 0 Å². The maximum atomic E-state index is 6.05. The Labute approximate surface area is 95.9 Å². The lowest BCUT2D eigenvalue weighted by atomic mass is 9.74. The number of hydrogen-bond acceptors (Lipinski definition) is 3. The first-order valence-electron chi connectivity index (χ1n) is 5.93. The number of nitrogens with zero attached hydrogens (tertiary/aromatic N) is 1. The number of thiazole rings is 1. The van der Waals surface area contributed by atoms with Gasteiger partial charge in [-0.15, -0.1) is 11.3 Å². The van der Waals surface area contributed by atoms with Crippen LogP contribution in [0.15, 0.2) is 11.6 Å². The molecular formula is C12H20N2S. The minimum absolute atomic E-state index is 0.428. The van der Waals surface area contributed by atoms with Crippen molar-refractivity contribution in [1.82, 2.24) is 4.98 Å². The molecule has 3 atom stereocenters. The average molecular weight is 224 g/mol. The van der Waals surface area contributed by atoms with Crippen molar-refractivity contribution in [3.05, 3.63) is 16.6 Å². The third-order valence-electron chi connectivity index (χ3n) is 3.63. The Morgan fingerprint density at radius 3 is 3.00 bits per heavy atom. The van der Waals surface area contributed by atoms with Gasteiger partial charge < -0.3 is 5.73 Å². The van der Waals surface area contributed by atoms with Gasteiger partial charge in [0, 0.05) is 24.0 Å². The van der Waals surface area contributed by atoms with Crippen LogP contribution in [-0.2, 0) is 6.42 Å². The van der Waals surface area contributed by atoms with E-state index in [9.17, 15) is 0 Å². The van der Waals surface area contributed by atoms with Crippen molar-refractivity contribution in [2.75, 3.05) is 0 Å². The minimum Gasteiger partial charge on any atom is -0.328 e. The Kier molecular flexibility index (Phi) is 3.76. The first-order valence-corrected chi connectivity index (χ1v) is 6.81. The van der Waals surface area contributed by atoms with Crippen LogP contribution >= 0.6 is 11.3 Å². The zero-order valence-electron chi connectivity index (χ0n) is 9.36. The number of aromatic nitrogens is 1. The van der Waals surface area contributed by atoms with Crippen molar-refractivity contribution in [1.29, 1.82) is 0 Å². The van der Waals surface area contributed by atoms with Crippen molar-refractivity contribution >= 4 is 11.3 Å². The van der Waals surface area contributed by atoms with Gasteiger partial charge >= 0.3 is 0 Å². The standard InChI is InChI=1S/C12H20N2S/c1-2-9-3-4-11(13)7-10(9)8-12-14-5-6-15-12/h5-6,9-11H,2-4,7-8,13H2,1H3. The topological polar surface area (TPSA) is 38.9 Å². The van der Waals surface area contributed by atoms with Gasteiger partial charge in [-0.3, -0.25) is 0 Å². The molecule has 0 saturated heterocycles. The second-order valence-corrected chi connectivity index (χ2v) is 5.61. The van der Waals surface area contributed by atoms with E-state index < -0.39 is 0 Å². The molecule has 0 bridgehead atoms. The summed E-state index contributed by atoms with van der Waals surface area (Å²) in [6.07, 6.45) is 8.06. The third kappa shape index (κ3) is 2.79. The quantitative estimate of drug-likeness (QED) is 0.857. The normalized spacial score (nSPS) is 31.7. The smallest absolute Gasteiger partial charge is 0.0927 e. The van der Waals surface area contributed by atoms with Crippen LogP contribution in [0.25, 0.3) is 0 Å². The second-order valence-electron chi connectivity index (χ2n) is 4.63. The Bertz CT molecular complexity index is 284. The fourth-order valence-electron chi connectivity index (χ4n) is 2.73. The summed E-state index contributed by atoms with van der Waals surface area (Å²) in [5, 5.41) is 3.35. The van der Waals surface area contributed by atoms with E-state index in [1.54, 1.807) is 11.3 Å². The van der Waals surface area contributed by atoms with E-state index >= 15 is 0 Å². The zero-order valence-corrected chi connectivity index (χ0v) is 10.2. The molecule has 2 N–H and O–H groups in total. The van der Waals surface area contributed by atoms with Crippen LogP contribution in [-0.4, -0.2) is 11.0 Å². The third-order valence-corrected chi connectivity index (χ3v) is 4.43. The Morgan fingerprint density at radius 2 is 2.33 bits per heavy atom. The van der Waals surface area contributed by atoms with E-state index in [1.165, 1.54) is 30.7 Å². The van der Waals surface area contributed by atoms with Gasteiger partial charge in [0.15, 0.2) is 0 Å². The van der Waals surface area contributed by atoms with E-state index in [-0.39, 0.29) is 0 Å². The molecule has 2 rings (SSSR count). The van der Waals surface area contributed by atoms with Crippen molar-refractivity contribution < 1.29 is 0 Å². The van der Waals surface area contributed by atoms with Gasteiger partial charge in [-0.25, -0.2) is 4.98 Å². The molecule has 0 radical (unpaired) electrons. The van der Waals surface area contributed by atoms with Crippen molar-refractivity contribution in [3.8, 4) is 0 Å². The van der Waals surface area contributed by atoms with Gasteiger partial charge in [-0.1, -0.05) is 13.3 Å². The molecule has 3 heteroatoms. The highest BCUT2D eigenvalue weighted by atomic mass is 32.1. The first-order chi connectivity index (χ1) is 7.29. The van der Waals surface area contributed by atoms with Crippen LogP contribution < -0.4 is 5.73 Å². The summed E-state index contributed by atoms with van der Waals surface area (Å²) in [4.78, 5) is 4.38. The summed E-state index contributed by atoms with van der Waals surface area (Å²) < 4.78 is 0. The Morgan fingerprint density at radius 1 is 1.47 bits per heavy atom. The van der Waals surface area contributed by atoms with Gasteiger partial charge in [0.1, 0.15) is 0 Å². The predicted octanol–water partition coefficient (Wildman–Crippen LogP) is 2.84. The molecule has 2 nitrogen and oxygen atoms in total. The van der Waals surface area contributed by atoms with Crippen LogP contribution in [0.1, 0.15) is 37.6 Å². The number of hydrogen-bond donors (Lipinski definition) is 1. The van der Waals surface area contributed by atoms with Gasteiger partial charge in [0.25, 0.3) is 0 Å². The Hall–Kier alpha value is -0.410. The van der Waals surface area contributed by atoms with E-state index in [1.807, 2.05) is 6.20 Å². The molecule has 84 valence electrons. The van der Waals surface area contributed by atoms with Gasteiger partial charge in [0.2, 0.25) is 0 Å². The molecule has 15 heavy (non-hydrogen) atoms. The number of nitrogens with two attached hydrogens (primary N) is 1. The lowest BCUT2D eigenvalue weighted by molar-refractivity contribution is 0.209. The maximum absolute atomic E-state index is 6.05. The molecule has 1 saturated carbocycles. The lowest BCUT2D eigenvalue weighted by Crippen LogP contribution is -2.34. The van der Waals surface area contributed by atoms with Gasteiger partial charge in [-0.05, 0) is 31.1 Å². The largest absolute Gasteiger partial charge is 0.328 e. The van der Waals surface area contributed by atoms with Crippen molar-refractivity contribution in [2.45, 2.75) is 45.1 Å². The SMILES string of the molecule is CCC1CCC(N)CC1Cc1nccs1. The molecule has 1 aromatic heterocycles. The highest BCUT2D eigenvalue weighted by Crippen LogP contribution is 2.34. The van der Waals surface area contributed by atoms with Crippen molar-refractivity contribution in [2.24, 2.45) is 17.6 Å². The van der Waals surface area contributed by atoms with E-state index in [4.69, 9.17) is 5.73 Å². The van der Waals surface area contributed by atoms with Crippen LogP contribution in [0, 0.1) is 11.8 Å². The molecule has 1 fully saturated rings. The highest BCUT2D eigenvalue weighted by molar-refractivity contribution is 7.09. The van der Waals surface area contributed by atoms with Crippen LogP contribution in [0.2, 0.25) is 0 Å². The van der Waals surface area contributed by atoms with Gasteiger partial charge in [-0.2, -0.15) is 0 Å². The summed E-state index contributed by atoms with van der Waals surface area (Å²) in [5.41, 5.74) is 6.05. The fourth-order valence-corrected chi connectivity index (χ4v) is 3.44. The molecule has 3 unspecified atom stereocenters. The average Bonchev–Trinajstić information content (AvgIpc) is 2.71. The Balaban J connectivity index is 1.98. The van der Waals surface area contributed by atoms with E-state index in [2.05, 4.69) is 17.3 Å². The molecule has 1 aliphatic carbocycles. The monoisotopic (exact) mass is 224 g/mol. The molecule has 0 amide bonds. The molecule has 0 aliphatic heterocycles. The van der Waals surface area contributed by atoms with Crippen LogP contribution in [0.3, 0.4) is 0 Å². The minimum atomic E-state index is 0.428. The molecule has 1 heterocycles. The van der Waals surface area contributed by atoms with E-state index in [0.29, 0.717) is 6.04 Å². The molecule has 1 aliphatic rings. The predicted molar refractivity (Wildman–Crippen MR) is 64.9 cm³/mol. The molecule has 1 aromatic rings. The molecular weight excluding hydrogens is 204 g/mol. The van der Waals surface area contributed by atoms with Crippen molar-refractivity contribution in [3.63, 3.8) is 0 Å². The highest BCUT2D eigenvalue weighted by Gasteiger charge is 2.28. The van der Waals surface area contributed by atoms with E-state index in [0.717, 1.165) is 18.3 Å². The molecule has 0 spiro atoms. The fraction of sp³-hybridized carbons (Fsp3) is 0.750. The lowest BCUT2D eigenvalue weighted by Gasteiger charge is -2.33. The van der Waals surface area contributed by atoms with Gasteiger partial charge in [0.05, 0.1) is 5.01 Å². The summed E-state index contributed by atoms with van der Waals surface area (Å²) in [6.45, 7) is 2.30. The summed E-state index contributed by atoms with van der Waals surface area (Å²) in [5.74, 6) is 1.64. The van der Waals surface area contributed by atoms with Crippen LogP contribution in [0.5, 0.6) is 0 Å². The zero-order chi connectivity index (χ0) is 10.7. The summed E-state index contributed by atoms with van der Waals surface area (Å²) in [7, 11) is 0. The molecule has 0 aromatic carbocycles. The summed E-state index contributed by atoms with van der Waals surface area (Å²) >= 11 is 1.78.